The van der Waals surface area contributed by atoms with Crippen LogP contribution in [0.25, 0.3) is 11.2 Å². The molecule has 0 aromatic carbocycles. The highest BCUT2D eigenvalue weighted by Gasteiger charge is 2.19. The van der Waals surface area contributed by atoms with Crippen LogP contribution in [-0.4, -0.2) is 32.6 Å². The maximum atomic E-state index is 11.1. The SMILES string of the molecule is COC(=O)CCCCCCCCCCCCCCCn1c(C#CC2CC2)nc2nc(Cl)nc(Cl)c21. The highest BCUT2D eigenvalue weighted by Crippen LogP contribution is 2.28. The van der Waals surface area contributed by atoms with Crippen LogP contribution in [-0.2, 0) is 16.1 Å². The number of hydrogen-bond acceptors (Lipinski definition) is 5. The van der Waals surface area contributed by atoms with Gasteiger partial charge in [-0.25, -0.2) is 9.97 Å². The van der Waals surface area contributed by atoms with E-state index in [9.17, 15) is 4.79 Å². The lowest BCUT2D eigenvalue weighted by Crippen LogP contribution is -2.02. The number of nitrogens with zero attached hydrogens (tertiary/aromatic N) is 4. The first-order valence-electron chi connectivity index (χ1n) is 13.3. The second-order valence-electron chi connectivity index (χ2n) is 9.51. The molecule has 1 aliphatic rings. The van der Waals surface area contributed by atoms with Gasteiger partial charge in [0.25, 0.3) is 0 Å². The molecule has 0 bridgehead atoms. The third-order valence-corrected chi connectivity index (χ3v) is 6.92. The zero-order valence-electron chi connectivity index (χ0n) is 21.0. The Balaban J connectivity index is 1.26. The van der Waals surface area contributed by atoms with Crippen LogP contribution >= 0.6 is 23.2 Å². The first-order chi connectivity index (χ1) is 17.1. The van der Waals surface area contributed by atoms with E-state index in [1.54, 1.807) is 0 Å². The van der Waals surface area contributed by atoms with Crippen LogP contribution in [0.5, 0.6) is 0 Å². The van der Waals surface area contributed by atoms with Crippen molar-refractivity contribution in [3.05, 3.63) is 16.3 Å². The zero-order chi connectivity index (χ0) is 24.9. The van der Waals surface area contributed by atoms with Crippen molar-refractivity contribution in [3.8, 4) is 11.8 Å². The summed E-state index contributed by atoms with van der Waals surface area (Å²) >= 11 is 12.3. The van der Waals surface area contributed by atoms with Crippen molar-refractivity contribution in [1.82, 2.24) is 19.5 Å². The van der Waals surface area contributed by atoms with Crippen LogP contribution < -0.4 is 0 Å². The Morgan fingerprint density at radius 1 is 0.886 bits per heavy atom. The summed E-state index contributed by atoms with van der Waals surface area (Å²) < 4.78 is 6.73. The van der Waals surface area contributed by atoms with Crippen molar-refractivity contribution in [2.45, 2.75) is 109 Å². The van der Waals surface area contributed by atoms with Crippen LogP contribution in [0.2, 0.25) is 10.4 Å². The largest absolute Gasteiger partial charge is 0.469 e. The van der Waals surface area contributed by atoms with Crippen molar-refractivity contribution in [3.63, 3.8) is 0 Å². The first-order valence-corrected chi connectivity index (χ1v) is 14.0. The van der Waals surface area contributed by atoms with Gasteiger partial charge in [0.2, 0.25) is 5.28 Å². The van der Waals surface area contributed by atoms with Gasteiger partial charge in [0.05, 0.1) is 7.11 Å². The van der Waals surface area contributed by atoms with E-state index in [1.807, 2.05) is 0 Å². The lowest BCUT2D eigenvalue weighted by atomic mass is 10.0. The van der Waals surface area contributed by atoms with Gasteiger partial charge in [0, 0.05) is 18.9 Å². The minimum absolute atomic E-state index is 0.0903. The Morgan fingerprint density at radius 3 is 2.03 bits per heavy atom. The molecule has 0 spiro atoms. The Kier molecular flexibility index (Phi) is 12.1. The summed E-state index contributed by atoms with van der Waals surface area (Å²) in [7, 11) is 1.45. The number of unbranched alkanes of at least 4 members (excludes halogenated alkanes) is 12. The molecule has 0 aliphatic heterocycles. The molecule has 1 fully saturated rings. The smallest absolute Gasteiger partial charge is 0.305 e. The molecule has 35 heavy (non-hydrogen) atoms. The quantitative estimate of drug-likeness (QED) is 0.0751. The van der Waals surface area contributed by atoms with Gasteiger partial charge in [-0.2, -0.15) is 4.98 Å². The third kappa shape index (κ3) is 9.97. The molecule has 8 heteroatoms. The van der Waals surface area contributed by atoms with Crippen LogP contribution in [0.4, 0.5) is 0 Å². The van der Waals surface area contributed by atoms with E-state index < -0.39 is 0 Å². The normalized spacial score (nSPS) is 13.1. The topological polar surface area (TPSA) is 69.9 Å². The maximum Gasteiger partial charge on any atom is 0.305 e. The number of hydrogen-bond donors (Lipinski definition) is 0. The number of fused-ring (bicyclic) bond motifs is 1. The average molecular weight is 522 g/mol. The minimum atomic E-state index is -0.0903. The Hall–Kier alpha value is -1.84. The van der Waals surface area contributed by atoms with E-state index in [1.165, 1.54) is 84.2 Å². The minimum Gasteiger partial charge on any atom is -0.469 e. The van der Waals surface area contributed by atoms with E-state index in [0.29, 0.717) is 29.0 Å². The van der Waals surface area contributed by atoms with E-state index in [4.69, 9.17) is 23.2 Å². The van der Waals surface area contributed by atoms with Gasteiger partial charge in [0.15, 0.2) is 16.6 Å². The number of carbonyl (C=O) groups excluding carboxylic acids is 1. The molecule has 0 unspecified atom stereocenters. The van der Waals surface area contributed by atoms with Gasteiger partial charge in [-0.05, 0) is 43.2 Å². The molecule has 0 radical (unpaired) electrons. The molecule has 3 rings (SSSR count). The molecule has 1 aliphatic carbocycles. The number of imidazole rings is 1. The van der Waals surface area contributed by atoms with Gasteiger partial charge in [-0.3, -0.25) is 4.79 Å². The molecule has 0 amide bonds. The molecule has 0 saturated heterocycles. The third-order valence-electron chi connectivity index (χ3n) is 6.49. The van der Waals surface area contributed by atoms with Gasteiger partial charge >= 0.3 is 5.97 Å². The fourth-order valence-corrected chi connectivity index (χ4v) is 4.74. The second kappa shape index (κ2) is 15.3. The van der Waals surface area contributed by atoms with Gasteiger partial charge in [-0.1, -0.05) is 88.2 Å². The Labute approximate surface area is 219 Å². The summed E-state index contributed by atoms with van der Waals surface area (Å²) in [6.45, 7) is 0.815. The van der Waals surface area contributed by atoms with Crippen molar-refractivity contribution in [2.24, 2.45) is 5.92 Å². The summed E-state index contributed by atoms with van der Waals surface area (Å²) in [6, 6.07) is 0. The van der Waals surface area contributed by atoms with Crippen molar-refractivity contribution < 1.29 is 9.53 Å². The van der Waals surface area contributed by atoms with Crippen LogP contribution in [0, 0.1) is 17.8 Å². The standard InChI is InChI=1S/C27H38Cl2N4O2/c1-35-23(34)15-13-11-9-7-5-3-2-4-6-8-10-12-14-20-33-22(19-18-21-16-17-21)30-26-24(33)25(28)31-27(29)32-26/h21H,2-17,20H2,1H3. The molecular formula is C27H38Cl2N4O2. The molecule has 1 saturated carbocycles. The van der Waals surface area contributed by atoms with Crippen LogP contribution in [0.15, 0.2) is 0 Å². The predicted molar refractivity (Wildman–Crippen MR) is 142 cm³/mol. The van der Waals surface area contributed by atoms with Gasteiger partial charge in [0.1, 0.15) is 5.52 Å². The fourth-order valence-electron chi connectivity index (χ4n) is 4.26. The molecule has 2 aromatic heterocycles. The highest BCUT2D eigenvalue weighted by atomic mass is 35.5. The highest BCUT2D eigenvalue weighted by molar-refractivity contribution is 6.35. The van der Waals surface area contributed by atoms with E-state index in [0.717, 1.165) is 31.3 Å². The molecule has 192 valence electrons. The molecule has 2 heterocycles. The number of carbonyl (C=O) groups is 1. The van der Waals surface area contributed by atoms with E-state index in [-0.39, 0.29) is 11.3 Å². The van der Waals surface area contributed by atoms with Gasteiger partial charge < -0.3 is 9.30 Å². The van der Waals surface area contributed by atoms with E-state index in [2.05, 4.69) is 36.1 Å². The zero-order valence-corrected chi connectivity index (χ0v) is 22.5. The van der Waals surface area contributed by atoms with Crippen molar-refractivity contribution in [1.29, 1.82) is 0 Å². The van der Waals surface area contributed by atoms with Crippen molar-refractivity contribution in [2.75, 3.05) is 7.11 Å². The number of rotatable bonds is 16. The molecule has 0 N–H and O–H groups in total. The fraction of sp³-hybridized carbons (Fsp3) is 0.704. The number of halogens is 2. The summed E-state index contributed by atoms with van der Waals surface area (Å²) in [4.78, 5) is 24.0. The monoisotopic (exact) mass is 520 g/mol. The Bertz CT molecular complexity index is 1010. The lowest BCUT2D eigenvalue weighted by molar-refractivity contribution is -0.140. The Morgan fingerprint density at radius 2 is 1.46 bits per heavy atom. The average Bonchev–Trinajstić information content (AvgIpc) is 3.60. The number of methoxy groups -OCH3 is 1. The maximum absolute atomic E-state index is 11.1. The molecule has 2 aromatic rings. The lowest BCUT2D eigenvalue weighted by Gasteiger charge is -2.07. The number of aryl methyl sites for hydroxylation is 1. The molecular weight excluding hydrogens is 483 g/mol. The number of ether oxygens (including phenoxy) is 1. The summed E-state index contributed by atoms with van der Waals surface area (Å²) in [6.07, 6.45) is 18.8. The summed E-state index contributed by atoms with van der Waals surface area (Å²) in [5.74, 6) is 7.66. The number of esters is 1. The summed E-state index contributed by atoms with van der Waals surface area (Å²) in [5, 5.41) is 0.456. The first kappa shape index (κ1) is 27.7. The number of aromatic nitrogens is 4. The molecule has 6 nitrogen and oxygen atoms in total. The van der Waals surface area contributed by atoms with Gasteiger partial charge in [-0.15, -0.1) is 0 Å². The van der Waals surface area contributed by atoms with Crippen LogP contribution in [0.1, 0.15) is 109 Å². The van der Waals surface area contributed by atoms with E-state index >= 15 is 0 Å². The summed E-state index contributed by atoms with van der Waals surface area (Å²) in [5.41, 5.74) is 1.26. The molecule has 0 atom stereocenters. The predicted octanol–water partition coefficient (Wildman–Crippen LogP) is 7.53. The second-order valence-corrected chi connectivity index (χ2v) is 10.2. The van der Waals surface area contributed by atoms with Crippen LogP contribution in [0.3, 0.4) is 0 Å². The van der Waals surface area contributed by atoms with Crippen molar-refractivity contribution >= 4 is 40.3 Å².